The van der Waals surface area contributed by atoms with Gasteiger partial charge in [0.1, 0.15) is 0 Å². The van der Waals surface area contributed by atoms with Gasteiger partial charge in [-0.25, -0.2) is 0 Å². The summed E-state index contributed by atoms with van der Waals surface area (Å²) in [6, 6.07) is 16.6. The van der Waals surface area contributed by atoms with E-state index in [1.165, 1.54) is 16.9 Å². The minimum Gasteiger partial charge on any atom is -0.399 e. The predicted octanol–water partition coefficient (Wildman–Crippen LogP) is 3.99. The Morgan fingerprint density at radius 1 is 1.00 bits per heavy atom. The fourth-order valence-corrected chi connectivity index (χ4v) is 2.25. The molecule has 2 aromatic rings. The Kier molecular flexibility index (Phi) is 3.88. The monoisotopic (exact) mass is 240 g/mol. The smallest absolute Gasteiger partial charge is 0.0444 e. The van der Waals surface area contributed by atoms with Crippen LogP contribution in [0.2, 0.25) is 0 Å². The first-order valence-electron chi connectivity index (χ1n) is 6.47. The number of nitrogens with two attached hydrogens (primary N) is 1. The van der Waals surface area contributed by atoms with Crippen molar-refractivity contribution in [2.45, 2.75) is 20.3 Å². The summed E-state index contributed by atoms with van der Waals surface area (Å²) in [5.41, 5.74) is 10.5. The summed E-state index contributed by atoms with van der Waals surface area (Å²) in [5.74, 6) is 0. The fourth-order valence-electron chi connectivity index (χ4n) is 2.25. The molecule has 0 heterocycles. The highest BCUT2D eigenvalue weighted by molar-refractivity contribution is 5.68. The SMILES string of the molecule is CCc1cc(N)ccc1N(CC)c1ccccc1. The van der Waals surface area contributed by atoms with E-state index in [0.29, 0.717) is 0 Å². The molecule has 0 amide bonds. The van der Waals surface area contributed by atoms with Gasteiger partial charge < -0.3 is 10.6 Å². The second-order valence-electron chi connectivity index (χ2n) is 4.32. The van der Waals surface area contributed by atoms with E-state index in [1.807, 2.05) is 12.1 Å². The van der Waals surface area contributed by atoms with Gasteiger partial charge >= 0.3 is 0 Å². The highest BCUT2D eigenvalue weighted by atomic mass is 15.1. The summed E-state index contributed by atoms with van der Waals surface area (Å²) in [7, 11) is 0. The molecule has 0 saturated heterocycles. The third-order valence-corrected chi connectivity index (χ3v) is 3.16. The van der Waals surface area contributed by atoms with Crippen LogP contribution in [-0.2, 0) is 6.42 Å². The second-order valence-corrected chi connectivity index (χ2v) is 4.32. The average molecular weight is 240 g/mol. The summed E-state index contributed by atoms with van der Waals surface area (Å²) in [4.78, 5) is 2.32. The number of benzene rings is 2. The molecule has 0 aliphatic heterocycles. The van der Waals surface area contributed by atoms with Gasteiger partial charge in [0.25, 0.3) is 0 Å². The molecule has 0 spiro atoms. The molecule has 2 aromatic carbocycles. The zero-order valence-corrected chi connectivity index (χ0v) is 11.1. The molecule has 0 atom stereocenters. The van der Waals surface area contributed by atoms with Crippen LogP contribution in [-0.4, -0.2) is 6.54 Å². The highest BCUT2D eigenvalue weighted by Crippen LogP contribution is 2.29. The number of aryl methyl sites for hydroxylation is 1. The van der Waals surface area contributed by atoms with Gasteiger partial charge in [0.2, 0.25) is 0 Å². The lowest BCUT2D eigenvalue weighted by Gasteiger charge is -2.26. The molecular formula is C16H20N2. The van der Waals surface area contributed by atoms with Crippen LogP contribution in [0.3, 0.4) is 0 Å². The summed E-state index contributed by atoms with van der Waals surface area (Å²) >= 11 is 0. The molecule has 94 valence electrons. The number of rotatable bonds is 4. The van der Waals surface area contributed by atoms with Gasteiger partial charge in [0, 0.05) is 23.6 Å². The molecule has 2 nitrogen and oxygen atoms in total. The quantitative estimate of drug-likeness (QED) is 0.819. The largest absolute Gasteiger partial charge is 0.399 e. The molecular weight excluding hydrogens is 220 g/mol. The predicted molar refractivity (Wildman–Crippen MR) is 79.4 cm³/mol. The minimum absolute atomic E-state index is 0.833. The first-order valence-corrected chi connectivity index (χ1v) is 6.47. The number of para-hydroxylation sites is 1. The molecule has 18 heavy (non-hydrogen) atoms. The van der Waals surface area contributed by atoms with E-state index in [0.717, 1.165) is 18.7 Å². The van der Waals surface area contributed by atoms with Crippen LogP contribution in [0.4, 0.5) is 17.1 Å². The average Bonchev–Trinajstić information content (AvgIpc) is 2.42. The van der Waals surface area contributed by atoms with Gasteiger partial charge in [-0.15, -0.1) is 0 Å². The standard InChI is InChI=1S/C16H20N2/c1-3-13-12-14(17)10-11-16(13)18(4-2)15-8-6-5-7-9-15/h5-12H,3-4,17H2,1-2H3. The molecule has 2 rings (SSSR count). The van der Waals surface area contributed by atoms with E-state index < -0.39 is 0 Å². The van der Waals surface area contributed by atoms with Gasteiger partial charge in [0.05, 0.1) is 0 Å². The van der Waals surface area contributed by atoms with Crippen molar-refractivity contribution in [3.05, 3.63) is 54.1 Å². The molecule has 0 aromatic heterocycles. The summed E-state index contributed by atoms with van der Waals surface area (Å²) in [6.45, 7) is 5.28. The lowest BCUT2D eigenvalue weighted by Crippen LogP contribution is -2.17. The van der Waals surface area contributed by atoms with Gasteiger partial charge in [0.15, 0.2) is 0 Å². The van der Waals surface area contributed by atoms with Crippen molar-refractivity contribution in [3.8, 4) is 0 Å². The summed E-state index contributed by atoms with van der Waals surface area (Å²) in [5, 5.41) is 0. The van der Waals surface area contributed by atoms with Crippen molar-refractivity contribution in [3.63, 3.8) is 0 Å². The molecule has 2 N–H and O–H groups in total. The van der Waals surface area contributed by atoms with Crippen LogP contribution in [0, 0.1) is 0 Å². The molecule has 0 saturated carbocycles. The van der Waals surface area contributed by atoms with Crippen LogP contribution in [0.25, 0.3) is 0 Å². The van der Waals surface area contributed by atoms with E-state index in [4.69, 9.17) is 5.73 Å². The van der Waals surface area contributed by atoms with Crippen molar-refractivity contribution in [2.24, 2.45) is 0 Å². The molecule has 0 radical (unpaired) electrons. The van der Waals surface area contributed by atoms with Crippen LogP contribution in [0.5, 0.6) is 0 Å². The van der Waals surface area contributed by atoms with E-state index >= 15 is 0 Å². The highest BCUT2D eigenvalue weighted by Gasteiger charge is 2.10. The van der Waals surface area contributed by atoms with Crippen molar-refractivity contribution in [2.75, 3.05) is 17.2 Å². The first-order chi connectivity index (χ1) is 8.76. The minimum atomic E-state index is 0.833. The zero-order valence-electron chi connectivity index (χ0n) is 11.1. The van der Waals surface area contributed by atoms with Crippen molar-refractivity contribution in [1.82, 2.24) is 0 Å². The fraction of sp³-hybridized carbons (Fsp3) is 0.250. The second kappa shape index (κ2) is 5.58. The molecule has 0 bridgehead atoms. The number of nitrogen functional groups attached to an aromatic ring is 1. The third kappa shape index (κ3) is 2.48. The number of anilines is 3. The first kappa shape index (κ1) is 12.5. The van der Waals surface area contributed by atoms with Gasteiger partial charge in [-0.3, -0.25) is 0 Å². The Morgan fingerprint density at radius 3 is 2.33 bits per heavy atom. The lowest BCUT2D eigenvalue weighted by molar-refractivity contribution is 0.997. The maximum Gasteiger partial charge on any atom is 0.0444 e. The van der Waals surface area contributed by atoms with E-state index in [2.05, 4.69) is 55.1 Å². The van der Waals surface area contributed by atoms with Crippen molar-refractivity contribution in [1.29, 1.82) is 0 Å². The van der Waals surface area contributed by atoms with Crippen molar-refractivity contribution >= 4 is 17.1 Å². The van der Waals surface area contributed by atoms with E-state index in [-0.39, 0.29) is 0 Å². The Morgan fingerprint density at radius 2 is 1.72 bits per heavy atom. The molecule has 2 heteroatoms. The topological polar surface area (TPSA) is 29.3 Å². The maximum absolute atomic E-state index is 5.86. The Labute approximate surface area is 109 Å². The van der Waals surface area contributed by atoms with Crippen molar-refractivity contribution < 1.29 is 0 Å². The van der Waals surface area contributed by atoms with Gasteiger partial charge in [-0.2, -0.15) is 0 Å². The number of nitrogens with zero attached hydrogens (tertiary/aromatic N) is 1. The molecule has 0 aliphatic carbocycles. The Balaban J connectivity index is 2.45. The molecule has 0 unspecified atom stereocenters. The summed E-state index contributed by atoms with van der Waals surface area (Å²) in [6.07, 6.45) is 0.990. The van der Waals surface area contributed by atoms with Crippen LogP contribution in [0.1, 0.15) is 19.4 Å². The lowest BCUT2D eigenvalue weighted by atomic mass is 10.1. The normalized spacial score (nSPS) is 10.3. The molecule has 0 fully saturated rings. The number of hydrogen-bond donors (Lipinski definition) is 1. The Bertz CT molecular complexity index is 506. The third-order valence-electron chi connectivity index (χ3n) is 3.16. The van der Waals surface area contributed by atoms with Crippen LogP contribution >= 0.6 is 0 Å². The molecule has 0 aliphatic rings. The van der Waals surface area contributed by atoms with Gasteiger partial charge in [-0.1, -0.05) is 25.1 Å². The van der Waals surface area contributed by atoms with E-state index in [1.54, 1.807) is 0 Å². The van der Waals surface area contributed by atoms with E-state index in [9.17, 15) is 0 Å². The number of hydrogen-bond acceptors (Lipinski definition) is 2. The van der Waals surface area contributed by atoms with Gasteiger partial charge in [-0.05, 0) is 49.2 Å². The maximum atomic E-state index is 5.86. The Hall–Kier alpha value is -1.96. The van der Waals surface area contributed by atoms with Crippen LogP contribution < -0.4 is 10.6 Å². The zero-order chi connectivity index (χ0) is 13.0. The van der Waals surface area contributed by atoms with Crippen LogP contribution in [0.15, 0.2) is 48.5 Å². The summed E-state index contributed by atoms with van der Waals surface area (Å²) < 4.78 is 0.